The smallest absolute Gasteiger partial charge is 0.310 e. The highest BCUT2D eigenvalue weighted by Gasteiger charge is 2.38. The minimum Gasteiger partial charge on any atom is -0.481 e. The van der Waals surface area contributed by atoms with E-state index in [1.165, 1.54) is 31.2 Å². The molecule has 0 saturated heterocycles. The zero-order valence-corrected chi connectivity index (χ0v) is 12.7. The molecule has 0 heterocycles. The fraction of sp³-hybridized carbons (Fsp3) is 0.611. The van der Waals surface area contributed by atoms with Crippen LogP contribution in [0.3, 0.4) is 0 Å². The van der Waals surface area contributed by atoms with Gasteiger partial charge in [-0.25, -0.2) is 0 Å². The number of carbonyl (C=O) groups is 1. The van der Waals surface area contributed by atoms with Crippen LogP contribution in [0.2, 0.25) is 0 Å². The number of hydrogen-bond acceptors (Lipinski definition) is 2. The highest BCUT2D eigenvalue weighted by Crippen LogP contribution is 2.47. The van der Waals surface area contributed by atoms with Gasteiger partial charge in [-0.1, -0.05) is 30.7 Å². The third kappa shape index (κ3) is 3.29. The molecule has 3 rings (SSSR count). The summed E-state index contributed by atoms with van der Waals surface area (Å²) in [5, 5.41) is 12.6. The zero-order chi connectivity index (χ0) is 14.8. The van der Waals surface area contributed by atoms with Crippen LogP contribution in [0.5, 0.6) is 0 Å². The zero-order valence-electron chi connectivity index (χ0n) is 12.7. The van der Waals surface area contributed by atoms with Crippen molar-refractivity contribution >= 4 is 5.97 Å². The first-order valence-corrected chi connectivity index (χ1v) is 8.16. The van der Waals surface area contributed by atoms with Gasteiger partial charge < -0.3 is 10.4 Å². The lowest BCUT2D eigenvalue weighted by Gasteiger charge is -2.22. The molecule has 3 nitrogen and oxygen atoms in total. The lowest BCUT2D eigenvalue weighted by Crippen LogP contribution is -2.26. The van der Waals surface area contributed by atoms with Gasteiger partial charge in [0.05, 0.1) is 5.92 Å². The molecule has 2 aliphatic rings. The maximum atomic E-state index is 11.0. The van der Waals surface area contributed by atoms with Crippen molar-refractivity contribution in [2.45, 2.75) is 45.1 Å². The molecule has 114 valence electrons. The minimum atomic E-state index is -0.767. The number of rotatable bonds is 6. The summed E-state index contributed by atoms with van der Waals surface area (Å²) in [6.45, 7) is 3.74. The molecule has 4 atom stereocenters. The second-order valence-electron chi connectivity index (χ2n) is 6.87. The molecule has 2 N–H and O–H groups in total. The Morgan fingerprint density at radius 2 is 2.05 bits per heavy atom. The molecular weight excluding hydrogens is 262 g/mol. The van der Waals surface area contributed by atoms with Gasteiger partial charge in [-0.2, -0.15) is 0 Å². The summed E-state index contributed by atoms with van der Waals surface area (Å²) >= 11 is 0. The van der Waals surface area contributed by atoms with Crippen molar-refractivity contribution in [2.75, 3.05) is 6.54 Å². The van der Waals surface area contributed by atoms with Crippen LogP contribution in [-0.2, 0) is 11.3 Å². The first kappa shape index (κ1) is 14.6. The fourth-order valence-electron chi connectivity index (χ4n) is 4.10. The predicted octanol–water partition coefficient (Wildman–Crippen LogP) is 3.40. The lowest BCUT2D eigenvalue weighted by atomic mass is 9.89. The number of hydrogen-bond donors (Lipinski definition) is 2. The summed E-state index contributed by atoms with van der Waals surface area (Å²) in [4.78, 5) is 11.0. The van der Waals surface area contributed by atoms with Crippen molar-refractivity contribution in [3.8, 4) is 0 Å². The quantitative estimate of drug-likeness (QED) is 0.843. The van der Waals surface area contributed by atoms with Gasteiger partial charge in [-0.05, 0) is 61.6 Å². The van der Waals surface area contributed by atoms with Gasteiger partial charge in [0.2, 0.25) is 0 Å². The van der Waals surface area contributed by atoms with Crippen LogP contribution >= 0.6 is 0 Å². The summed E-state index contributed by atoms with van der Waals surface area (Å²) in [5.74, 6) is 1.67. The monoisotopic (exact) mass is 287 g/mol. The second kappa shape index (κ2) is 6.18. The maximum Gasteiger partial charge on any atom is 0.310 e. The number of benzene rings is 1. The van der Waals surface area contributed by atoms with Gasteiger partial charge in [-0.3, -0.25) is 4.79 Å². The van der Waals surface area contributed by atoms with Crippen molar-refractivity contribution < 1.29 is 9.90 Å². The summed E-state index contributed by atoms with van der Waals surface area (Å²) in [6, 6.07) is 7.96. The third-order valence-corrected chi connectivity index (χ3v) is 5.47. The second-order valence-corrected chi connectivity index (χ2v) is 6.87. The van der Waals surface area contributed by atoms with E-state index in [1.54, 1.807) is 6.92 Å². The van der Waals surface area contributed by atoms with Gasteiger partial charge in [0, 0.05) is 6.54 Å². The molecule has 1 aromatic rings. The molecule has 1 aromatic carbocycles. The SMILES string of the molecule is CC(C(=O)O)c1ccc(CNCC2CC3CCC2C3)cc1. The largest absolute Gasteiger partial charge is 0.481 e. The molecule has 2 fully saturated rings. The van der Waals surface area contributed by atoms with E-state index in [-0.39, 0.29) is 0 Å². The van der Waals surface area contributed by atoms with E-state index in [2.05, 4.69) is 5.32 Å². The molecule has 2 bridgehead atoms. The van der Waals surface area contributed by atoms with E-state index < -0.39 is 11.9 Å². The first-order valence-electron chi connectivity index (χ1n) is 8.16. The number of aliphatic carboxylic acids is 1. The Kier molecular flexibility index (Phi) is 4.29. The van der Waals surface area contributed by atoms with Gasteiger partial charge >= 0.3 is 5.97 Å². The van der Waals surface area contributed by atoms with E-state index in [9.17, 15) is 4.79 Å². The summed E-state index contributed by atoms with van der Waals surface area (Å²) in [7, 11) is 0. The van der Waals surface area contributed by atoms with Crippen molar-refractivity contribution in [1.29, 1.82) is 0 Å². The Morgan fingerprint density at radius 1 is 1.29 bits per heavy atom. The molecule has 0 aromatic heterocycles. The molecular formula is C18H25NO2. The van der Waals surface area contributed by atoms with Crippen LogP contribution in [0.1, 0.15) is 49.7 Å². The van der Waals surface area contributed by atoms with Crippen LogP contribution in [-0.4, -0.2) is 17.6 Å². The third-order valence-electron chi connectivity index (χ3n) is 5.47. The molecule has 2 saturated carbocycles. The van der Waals surface area contributed by atoms with Crippen molar-refractivity contribution in [3.63, 3.8) is 0 Å². The van der Waals surface area contributed by atoms with Crippen molar-refractivity contribution in [3.05, 3.63) is 35.4 Å². The standard InChI is InChI=1S/C18H25NO2/c1-12(18(20)21)15-5-2-13(3-6-15)10-19-11-17-9-14-4-7-16(17)8-14/h2-3,5-6,12,14,16-17,19H,4,7-11H2,1H3,(H,20,21). The Hall–Kier alpha value is -1.35. The summed E-state index contributed by atoms with van der Waals surface area (Å²) < 4.78 is 0. The van der Waals surface area contributed by atoms with E-state index >= 15 is 0 Å². The predicted molar refractivity (Wildman–Crippen MR) is 83.1 cm³/mol. The topological polar surface area (TPSA) is 49.3 Å². The number of fused-ring (bicyclic) bond motifs is 2. The molecule has 0 radical (unpaired) electrons. The number of nitrogens with one attached hydrogen (secondary N) is 1. The fourth-order valence-corrected chi connectivity index (χ4v) is 4.10. The van der Waals surface area contributed by atoms with Crippen LogP contribution < -0.4 is 5.32 Å². The first-order chi connectivity index (χ1) is 10.1. The van der Waals surface area contributed by atoms with E-state index in [4.69, 9.17) is 5.11 Å². The minimum absolute atomic E-state index is 0.430. The molecule has 3 heteroatoms. The number of carboxylic acids is 1. The van der Waals surface area contributed by atoms with Crippen LogP contribution in [0.25, 0.3) is 0 Å². The van der Waals surface area contributed by atoms with E-state index in [1.807, 2.05) is 24.3 Å². The summed E-state index contributed by atoms with van der Waals surface area (Å²) in [6.07, 6.45) is 5.80. The summed E-state index contributed by atoms with van der Waals surface area (Å²) in [5.41, 5.74) is 2.11. The molecule has 21 heavy (non-hydrogen) atoms. The van der Waals surface area contributed by atoms with Crippen LogP contribution in [0.15, 0.2) is 24.3 Å². The van der Waals surface area contributed by atoms with Crippen LogP contribution in [0.4, 0.5) is 0 Å². The average molecular weight is 287 g/mol. The van der Waals surface area contributed by atoms with Gasteiger partial charge in [0.1, 0.15) is 0 Å². The Morgan fingerprint density at radius 3 is 2.62 bits per heavy atom. The van der Waals surface area contributed by atoms with E-state index in [0.29, 0.717) is 0 Å². The molecule has 0 amide bonds. The lowest BCUT2D eigenvalue weighted by molar-refractivity contribution is -0.138. The normalized spacial score (nSPS) is 28.7. The highest BCUT2D eigenvalue weighted by molar-refractivity contribution is 5.75. The van der Waals surface area contributed by atoms with Crippen molar-refractivity contribution in [1.82, 2.24) is 5.32 Å². The van der Waals surface area contributed by atoms with Crippen molar-refractivity contribution in [2.24, 2.45) is 17.8 Å². The van der Waals surface area contributed by atoms with Gasteiger partial charge in [0.15, 0.2) is 0 Å². The average Bonchev–Trinajstić information content (AvgIpc) is 3.10. The Labute approximate surface area is 126 Å². The molecule has 0 spiro atoms. The Balaban J connectivity index is 1.46. The molecule has 2 aliphatic carbocycles. The van der Waals surface area contributed by atoms with Gasteiger partial charge in [-0.15, -0.1) is 0 Å². The number of carboxylic acid groups (broad SMARTS) is 1. The van der Waals surface area contributed by atoms with E-state index in [0.717, 1.165) is 36.4 Å². The van der Waals surface area contributed by atoms with Gasteiger partial charge in [0.25, 0.3) is 0 Å². The highest BCUT2D eigenvalue weighted by atomic mass is 16.4. The molecule has 4 unspecified atom stereocenters. The van der Waals surface area contributed by atoms with Crippen LogP contribution in [0, 0.1) is 17.8 Å². The maximum absolute atomic E-state index is 11.0. The molecule has 0 aliphatic heterocycles. The Bertz CT molecular complexity index is 496.